The molecular formula is C21H26ClN3O. The predicted octanol–water partition coefficient (Wildman–Crippen LogP) is 3.79. The van der Waals surface area contributed by atoms with Crippen molar-refractivity contribution in [3.8, 4) is 0 Å². The first-order chi connectivity index (χ1) is 12.6. The van der Waals surface area contributed by atoms with E-state index in [0.29, 0.717) is 19.0 Å². The molecule has 26 heavy (non-hydrogen) atoms. The highest BCUT2D eigenvalue weighted by atomic mass is 35.5. The Morgan fingerprint density at radius 3 is 2.88 bits per heavy atom. The van der Waals surface area contributed by atoms with Gasteiger partial charge in [-0.25, -0.2) is 0 Å². The van der Waals surface area contributed by atoms with E-state index in [1.54, 1.807) is 0 Å². The summed E-state index contributed by atoms with van der Waals surface area (Å²) in [6.07, 6.45) is 5.31. The third kappa shape index (κ3) is 5.29. The first-order valence-corrected chi connectivity index (χ1v) is 9.62. The zero-order valence-corrected chi connectivity index (χ0v) is 16.0. The number of likely N-dealkylation sites (N-methyl/N-ethyl adjacent to an activating group) is 1. The number of pyridine rings is 1. The highest BCUT2D eigenvalue weighted by Gasteiger charge is 2.24. The molecule has 0 spiro atoms. The summed E-state index contributed by atoms with van der Waals surface area (Å²) < 4.78 is 0. The van der Waals surface area contributed by atoms with E-state index in [4.69, 9.17) is 11.6 Å². The van der Waals surface area contributed by atoms with E-state index in [-0.39, 0.29) is 5.91 Å². The number of hydrogen-bond donors (Lipinski definition) is 0. The molecule has 4 nitrogen and oxygen atoms in total. The van der Waals surface area contributed by atoms with Crippen molar-refractivity contribution in [2.75, 3.05) is 20.1 Å². The van der Waals surface area contributed by atoms with Crippen molar-refractivity contribution >= 4 is 17.5 Å². The average Bonchev–Trinajstić information content (AvgIpc) is 2.83. The van der Waals surface area contributed by atoms with Gasteiger partial charge >= 0.3 is 0 Å². The lowest BCUT2D eigenvalue weighted by Gasteiger charge is -2.27. The van der Waals surface area contributed by atoms with Crippen LogP contribution < -0.4 is 0 Å². The molecule has 2 heterocycles. The average molecular weight is 372 g/mol. The highest BCUT2D eigenvalue weighted by Crippen LogP contribution is 2.20. The van der Waals surface area contributed by atoms with Crippen LogP contribution in [0, 0.1) is 0 Å². The summed E-state index contributed by atoms with van der Waals surface area (Å²) in [5.74, 6) is 0.241. The maximum Gasteiger partial charge on any atom is 0.222 e. The second-order valence-corrected chi connectivity index (χ2v) is 7.41. The first kappa shape index (κ1) is 18.9. The summed E-state index contributed by atoms with van der Waals surface area (Å²) in [5, 5.41) is 0.719. The van der Waals surface area contributed by atoms with Gasteiger partial charge in [0.05, 0.1) is 0 Å². The zero-order chi connectivity index (χ0) is 18.4. The summed E-state index contributed by atoms with van der Waals surface area (Å²) >= 11 is 6.07. The van der Waals surface area contributed by atoms with E-state index >= 15 is 0 Å². The number of benzene rings is 1. The molecule has 0 radical (unpaired) electrons. The number of carbonyl (C=O) groups is 1. The van der Waals surface area contributed by atoms with Crippen molar-refractivity contribution in [2.45, 2.75) is 38.3 Å². The molecule has 1 aliphatic rings. The fourth-order valence-corrected chi connectivity index (χ4v) is 3.72. The van der Waals surface area contributed by atoms with Gasteiger partial charge in [0.15, 0.2) is 0 Å². The number of halogens is 1. The minimum Gasteiger partial charge on any atom is -0.338 e. The van der Waals surface area contributed by atoms with Gasteiger partial charge in [0.25, 0.3) is 0 Å². The SMILES string of the molecule is CN(CCc1ccccn1)C1CCC(=O)N(Cc2cccc(Cl)c2)CC1. The van der Waals surface area contributed by atoms with E-state index in [1.165, 1.54) is 0 Å². The van der Waals surface area contributed by atoms with Crippen LogP contribution in [0.1, 0.15) is 30.5 Å². The molecule has 2 aromatic rings. The standard InChI is InChI=1S/C21H26ClN3O/c1-24(13-10-19-7-2-3-12-23-19)20-8-9-21(26)25(14-11-20)16-17-5-4-6-18(22)15-17/h2-7,12,15,20H,8-11,13-14,16H2,1H3. The van der Waals surface area contributed by atoms with Crippen molar-refractivity contribution in [2.24, 2.45) is 0 Å². The Hall–Kier alpha value is -1.91. The van der Waals surface area contributed by atoms with Crippen LogP contribution in [0.25, 0.3) is 0 Å². The van der Waals surface area contributed by atoms with E-state index in [2.05, 4.69) is 23.0 Å². The monoisotopic (exact) mass is 371 g/mol. The highest BCUT2D eigenvalue weighted by molar-refractivity contribution is 6.30. The second kappa shape index (κ2) is 9.15. The Balaban J connectivity index is 1.53. The van der Waals surface area contributed by atoms with Crippen molar-refractivity contribution in [3.63, 3.8) is 0 Å². The lowest BCUT2D eigenvalue weighted by Crippen LogP contribution is -2.34. The van der Waals surface area contributed by atoms with Gasteiger partial charge in [-0.1, -0.05) is 29.8 Å². The van der Waals surface area contributed by atoms with Crippen molar-refractivity contribution in [3.05, 3.63) is 64.9 Å². The van der Waals surface area contributed by atoms with E-state index in [1.807, 2.05) is 47.5 Å². The number of rotatable bonds is 6. The van der Waals surface area contributed by atoms with E-state index in [0.717, 1.165) is 48.6 Å². The fraction of sp³-hybridized carbons (Fsp3) is 0.429. The number of aromatic nitrogens is 1. The molecule has 1 aromatic carbocycles. The van der Waals surface area contributed by atoms with Gasteiger partial charge in [-0.15, -0.1) is 0 Å². The predicted molar refractivity (Wildman–Crippen MR) is 105 cm³/mol. The summed E-state index contributed by atoms with van der Waals surface area (Å²) in [7, 11) is 2.16. The van der Waals surface area contributed by atoms with Crippen LogP contribution in [-0.4, -0.2) is 46.9 Å². The van der Waals surface area contributed by atoms with Crippen LogP contribution in [0.2, 0.25) is 5.02 Å². The molecular weight excluding hydrogens is 346 g/mol. The van der Waals surface area contributed by atoms with E-state index < -0.39 is 0 Å². The van der Waals surface area contributed by atoms with Gasteiger partial charge in [0, 0.05) is 55.4 Å². The number of hydrogen-bond acceptors (Lipinski definition) is 3. The summed E-state index contributed by atoms with van der Waals surface area (Å²) in [6, 6.07) is 14.2. The van der Waals surface area contributed by atoms with Crippen LogP contribution in [0.5, 0.6) is 0 Å². The molecule has 1 saturated heterocycles. The van der Waals surface area contributed by atoms with Gasteiger partial charge < -0.3 is 9.80 Å². The minimum atomic E-state index is 0.241. The molecule has 0 aliphatic carbocycles. The molecule has 1 fully saturated rings. The van der Waals surface area contributed by atoms with Crippen LogP contribution in [0.3, 0.4) is 0 Å². The molecule has 1 amide bonds. The van der Waals surface area contributed by atoms with Gasteiger partial charge in [-0.2, -0.15) is 0 Å². The Morgan fingerprint density at radius 1 is 1.23 bits per heavy atom. The lowest BCUT2D eigenvalue weighted by atomic mass is 10.1. The van der Waals surface area contributed by atoms with Crippen LogP contribution in [0.4, 0.5) is 0 Å². The fourth-order valence-electron chi connectivity index (χ4n) is 3.51. The normalized spacial score (nSPS) is 18.2. The Labute approximate surface area is 160 Å². The number of amides is 1. The Morgan fingerprint density at radius 2 is 2.12 bits per heavy atom. The number of nitrogens with zero attached hydrogens (tertiary/aromatic N) is 3. The topological polar surface area (TPSA) is 36.4 Å². The molecule has 138 valence electrons. The number of likely N-dealkylation sites (tertiary alicyclic amines) is 1. The maximum absolute atomic E-state index is 12.5. The smallest absolute Gasteiger partial charge is 0.222 e. The minimum absolute atomic E-state index is 0.241. The molecule has 1 aromatic heterocycles. The molecule has 1 atom stereocenters. The summed E-state index contributed by atoms with van der Waals surface area (Å²) in [6.45, 7) is 2.40. The van der Waals surface area contributed by atoms with Gasteiger partial charge in [-0.3, -0.25) is 9.78 Å². The van der Waals surface area contributed by atoms with Gasteiger partial charge in [-0.05, 0) is 49.7 Å². The molecule has 0 bridgehead atoms. The zero-order valence-electron chi connectivity index (χ0n) is 15.3. The third-order valence-electron chi connectivity index (χ3n) is 5.11. The first-order valence-electron chi connectivity index (χ1n) is 9.24. The van der Waals surface area contributed by atoms with Gasteiger partial charge in [0.2, 0.25) is 5.91 Å². The quantitative estimate of drug-likeness (QED) is 0.775. The van der Waals surface area contributed by atoms with Crippen molar-refractivity contribution in [1.82, 2.24) is 14.8 Å². The third-order valence-corrected chi connectivity index (χ3v) is 5.34. The van der Waals surface area contributed by atoms with Crippen molar-refractivity contribution in [1.29, 1.82) is 0 Å². The Kier molecular flexibility index (Phi) is 6.64. The maximum atomic E-state index is 12.5. The molecule has 0 N–H and O–H groups in total. The second-order valence-electron chi connectivity index (χ2n) is 6.98. The lowest BCUT2D eigenvalue weighted by molar-refractivity contribution is -0.131. The van der Waals surface area contributed by atoms with Crippen LogP contribution in [0.15, 0.2) is 48.7 Å². The van der Waals surface area contributed by atoms with Crippen LogP contribution in [-0.2, 0) is 17.8 Å². The largest absolute Gasteiger partial charge is 0.338 e. The molecule has 3 rings (SSSR count). The molecule has 0 saturated carbocycles. The summed E-state index contributed by atoms with van der Waals surface area (Å²) in [4.78, 5) is 21.3. The van der Waals surface area contributed by atoms with Crippen LogP contribution >= 0.6 is 11.6 Å². The van der Waals surface area contributed by atoms with E-state index in [9.17, 15) is 4.79 Å². The van der Waals surface area contributed by atoms with Gasteiger partial charge in [0.1, 0.15) is 0 Å². The summed E-state index contributed by atoms with van der Waals surface area (Å²) in [5.41, 5.74) is 2.21. The molecule has 1 unspecified atom stereocenters. The Bertz CT molecular complexity index is 722. The van der Waals surface area contributed by atoms with Crippen molar-refractivity contribution < 1.29 is 4.79 Å². The molecule has 1 aliphatic heterocycles. The number of carbonyl (C=O) groups excluding carboxylic acids is 1. The molecule has 5 heteroatoms.